The standard InChI is InChI=1S/C20H22N2O2/c23-19(15-16-7-2-1-3-8-16)21-13-12-20(24)22-14-6-10-17-9-4-5-11-18(17)22/h1-5,7-9,11H,6,10,12-15H2,(H,21,23). The summed E-state index contributed by atoms with van der Waals surface area (Å²) in [6.45, 7) is 1.14. The van der Waals surface area contributed by atoms with Gasteiger partial charge in [0.1, 0.15) is 0 Å². The monoisotopic (exact) mass is 322 g/mol. The van der Waals surface area contributed by atoms with Gasteiger partial charge in [0.15, 0.2) is 0 Å². The SMILES string of the molecule is O=C(Cc1ccccc1)NCCC(=O)N1CCCc2ccccc21. The van der Waals surface area contributed by atoms with Crippen LogP contribution in [0.2, 0.25) is 0 Å². The van der Waals surface area contributed by atoms with Gasteiger partial charge in [-0.15, -0.1) is 0 Å². The van der Waals surface area contributed by atoms with Crippen LogP contribution >= 0.6 is 0 Å². The number of nitrogens with zero attached hydrogens (tertiary/aromatic N) is 1. The van der Waals surface area contributed by atoms with Gasteiger partial charge in [-0.2, -0.15) is 0 Å². The summed E-state index contributed by atoms with van der Waals surface area (Å²) in [5.41, 5.74) is 3.22. The van der Waals surface area contributed by atoms with Crippen molar-refractivity contribution in [2.75, 3.05) is 18.0 Å². The Bertz CT molecular complexity index is 713. The molecule has 24 heavy (non-hydrogen) atoms. The van der Waals surface area contributed by atoms with E-state index in [0.29, 0.717) is 19.4 Å². The van der Waals surface area contributed by atoms with Gasteiger partial charge in [0.05, 0.1) is 6.42 Å². The highest BCUT2D eigenvalue weighted by Gasteiger charge is 2.21. The molecule has 0 aliphatic carbocycles. The van der Waals surface area contributed by atoms with E-state index in [2.05, 4.69) is 11.4 Å². The van der Waals surface area contributed by atoms with Gasteiger partial charge in [-0.3, -0.25) is 9.59 Å². The molecule has 1 aliphatic heterocycles. The van der Waals surface area contributed by atoms with Crippen molar-refractivity contribution in [3.8, 4) is 0 Å². The Balaban J connectivity index is 1.49. The number of anilines is 1. The van der Waals surface area contributed by atoms with Crippen molar-refractivity contribution in [1.29, 1.82) is 0 Å². The second kappa shape index (κ2) is 7.77. The number of nitrogens with one attached hydrogen (secondary N) is 1. The number of amides is 2. The molecule has 0 spiro atoms. The first-order valence-corrected chi connectivity index (χ1v) is 8.43. The zero-order valence-electron chi connectivity index (χ0n) is 13.7. The van der Waals surface area contributed by atoms with Crippen molar-refractivity contribution in [2.24, 2.45) is 0 Å². The van der Waals surface area contributed by atoms with Gasteiger partial charge in [0.25, 0.3) is 0 Å². The zero-order chi connectivity index (χ0) is 16.8. The van der Waals surface area contributed by atoms with Crippen molar-refractivity contribution >= 4 is 17.5 Å². The van der Waals surface area contributed by atoms with Crippen molar-refractivity contribution in [3.63, 3.8) is 0 Å². The van der Waals surface area contributed by atoms with Crippen molar-refractivity contribution in [2.45, 2.75) is 25.7 Å². The highest BCUT2D eigenvalue weighted by Crippen LogP contribution is 2.26. The Labute approximate surface area is 142 Å². The minimum atomic E-state index is -0.0481. The summed E-state index contributed by atoms with van der Waals surface area (Å²) in [6.07, 6.45) is 2.69. The predicted octanol–water partition coefficient (Wildman–Crippen LogP) is 2.71. The molecular formula is C20H22N2O2. The van der Waals surface area contributed by atoms with Crippen molar-refractivity contribution in [1.82, 2.24) is 5.32 Å². The molecule has 0 radical (unpaired) electrons. The average molecular weight is 322 g/mol. The molecule has 1 aliphatic rings. The van der Waals surface area contributed by atoms with Gasteiger partial charge in [-0.05, 0) is 30.0 Å². The third-order valence-electron chi connectivity index (χ3n) is 4.28. The van der Waals surface area contributed by atoms with Gasteiger partial charge >= 0.3 is 0 Å². The Morgan fingerprint density at radius 1 is 1.00 bits per heavy atom. The van der Waals surface area contributed by atoms with E-state index in [1.807, 2.05) is 53.4 Å². The lowest BCUT2D eigenvalue weighted by molar-refractivity contribution is -0.121. The fourth-order valence-corrected chi connectivity index (χ4v) is 3.08. The van der Waals surface area contributed by atoms with E-state index in [-0.39, 0.29) is 11.8 Å². The molecule has 1 heterocycles. The largest absolute Gasteiger partial charge is 0.355 e. The molecule has 2 aromatic carbocycles. The van der Waals surface area contributed by atoms with Crippen LogP contribution in [0.25, 0.3) is 0 Å². The maximum Gasteiger partial charge on any atom is 0.228 e. The molecule has 0 fully saturated rings. The van der Waals surface area contributed by atoms with Crippen LogP contribution in [0.5, 0.6) is 0 Å². The van der Waals surface area contributed by atoms with Crippen LogP contribution in [0.3, 0.4) is 0 Å². The van der Waals surface area contributed by atoms with E-state index in [0.717, 1.165) is 30.6 Å². The molecule has 0 saturated carbocycles. The minimum absolute atomic E-state index is 0.0481. The molecular weight excluding hydrogens is 300 g/mol. The average Bonchev–Trinajstić information content (AvgIpc) is 2.62. The number of aryl methyl sites for hydroxylation is 1. The quantitative estimate of drug-likeness (QED) is 0.920. The predicted molar refractivity (Wildman–Crippen MR) is 94.9 cm³/mol. The van der Waals surface area contributed by atoms with Crippen LogP contribution < -0.4 is 10.2 Å². The van der Waals surface area contributed by atoms with E-state index in [1.54, 1.807) is 0 Å². The summed E-state index contributed by atoms with van der Waals surface area (Å²) in [7, 11) is 0. The number of benzene rings is 2. The van der Waals surface area contributed by atoms with Crippen molar-refractivity contribution < 1.29 is 9.59 Å². The molecule has 4 nitrogen and oxygen atoms in total. The third kappa shape index (κ3) is 4.02. The van der Waals surface area contributed by atoms with Crippen LogP contribution in [0.4, 0.5) is 5.69 Å². The molecule has 3 rings (SSSR count). The molecule has 0 saturated heterocycles. The fraction of sp³-hybridized carbons (Fsp3) is 0.300. The van der Waals surface area contributed by atoms with Gasteiger partial charge in [0.2, 0.25) is 11.8 Å². The van der Waals surface area contributed by atoms with E-state index in [9.17, 15) is 9.59 Å². The van der Waals surface area contributed by atoms with Crippen LogP contribution in [-0.4, -0.2) is 24.9 Å². The summed E-state index contributed by atoms with van der Waals surface area (Å²) in [5.74, 6) is 0.0233. The molecule has 0 aromatic heterocycles. The maximum absolute atomic E-state index is 12.5. The van der Waals surface area contributed by atoms with E-state index in [1.165, 1.54) is 5.56 Å². The second-order valence-electron chi connectivity index (χ2n) is 6.04. The van der Waals surface area contributed by atoms with Crippen molar-refractivity contribution in [3.05, 3.63) is 65.7 Å². The highest BCUT2D eigenvalue weighted by molar-refractivity contribution is 5.95. The summed E-state index contributed by atoms with van der Waals surface area (Å²) in [6, 6.07) is 17.7. The zero-order valence-corrected chi connectivity index (χ0v) is 13.7. The minimum Gasteiger partial charge on any atom is -0.355 e. The third-order valence-corrected chi connectivity index (χ3v) is 4.28. The number of hydrogen-bond donors (Lipinski definition) is 1. The lowest BCUT2D eigenvalue weighted by atomic mass is 10.0. The molecule has 0 atom stereocenters. The Morgan fingerprint density at radius 2 is 1.75 bits per heavy atom. The molecule has 0 bridgehead atoms. The van der Waals surface area contributed by atoms with Crippen LogP contribution in [-0.2, 0) is 22.4 Å². The number of carbonyl (C=O) groups is 2. The maximum atomic E-state index is 12.5. The van der Waals surface area contributed by atoms with Gasteiger partial charge in [-0.1, -0.05) is 48.5 Å². The summed E-state index contributed by atoms with van der Waals surface area (Å²) in [5, 5.41) is 2.84. The molecule has 2 amide bonds. The molecule has 4 heteroatoms. The lowest BCUT2D eigenvalue weighted by Crippen LogP contribution is -2.38. The van der Waals surface area contributed by atoms with E-state index in [4.69, 9.17) is 0 Å². The van der Waals surface area contributed by atoms with E-state index >= 15 is 0 Å². The molecule has 2 aromatic rings. The van der Waals surface area contributed by atoms with Gasteiger partial charge in [0, 0.05) is 25.2 Å². The topological polar surface area (TPSA) is 49.4 Å². The lowest BCUT2D eigenvalue weighted by Gasteiger charge is -2.29. The number of para-hydroxylation sites is 1. The summed E-state index contributed by atoms with van der Waals surface area (Å²) >= 11 is 0. The number of rotatable bonds is 5. The first-order chi connectivity index (χ1) is 11.7. The van der Waals surface area contributed by atoms with E-state index < -0.39 is 0 Å². The summed E-state index contributed by atoms with van der Waals surface area (Å²) < 4.78 is 0. The van der Waals surface area contributed by atoms with Gasteiger partial charge < -0.3 is 10.2 Å². The van der Waals surface area contributed by atoms with Crippen LogP contribution in [0.1, 0.15) is 24.0 Å². The number of fused-ring (bicyclic) bond motifs is 1. The number of hydrogen-bond acceptors (Lipinski definition) is 2. The molecule has 0 unspecified atom stereocenters. The normalized spacial score (nSPS) is 13.2. The molecule has 1 N–H and O–H groups in total. The smallest absolute Gasteiger partial charge is 0.228 e. The Morgan fingerprint density at radius 3 is 2.58 bits per heavy atom. The molecule has 124 valence electrons. The van der Waals surface area contributed by atoms with Crippen LogP contribution in [0.15, 0.2) is 54.6 Å². The fourth-order valence-electron chi connectivity index (χ4n) is 3.08. The first-order valence-electron chi connectivity index (χ1n) is 8.43. The highest BCUT2D eigenvalue weighted by atomic mass is 16.2. The summed E-state index contributed by atoms with van der Waals surface area (Å²) in [4.78, 5) is 26.3. The van der Waals surface area contributed by atoms with Crippen LogP contribution in [0, 0.1) is 0 Å². The Kier molecular flexibility index (Phi) is 5.26. The number of carbonyl (C=O) groups excluding carboxylic acids is 2. The first kappa shape index (κ1) is 16.2. The van der Waals surface area contributed by atoms with Gasteiger partial charge in [-0.25, -0.2) is 0 Å². The Hall–Kier alpha value is -2.62. The second-order valence-corrected chi connectivity index (χ2v) is 6.04.